The molecule has 0 radical (unpaired) electrons. The van der Waals surface area contributed by atoms with Gasteiger partial charge in [0.2, 0.25) is 0 Å². The van der Waals surface area contributed by atoms with Gasteiger partial charge in [0.25, 0.3) is 10.0 Å². The predicted molar refractivity (Wildman–Crippen MR) is 91.0 cm³/mol. The molecule has 0 atom stereocenters. The van der Waals surface area contributed by atoms with Gasteiger partial charge in [-0.1, -0.05) is 12.1 Å². The van der Waals surface area contributed by atoms with Crippen molar-refractivity contribution in [2.75, 3.05) is 0 Å². The zero-order valence-electron chi connectivity index (χ0n) is 12.9. The summed E-state index contributed by atoms with van der Waals surface area (Å²) < 4.78 is 28.8. The lowest BCUT2D eigenvalue weighted by molar-refractivity contribution is 0.588. The molecule has 3 aromatic heterocycles. The molecule has 0 saturated carbocycles. The van der Waals surface area contributed by atoms with E-state index >= 15 is 0 Å². The summed E-state index contributed by atoms with van der Waals surface area (Å²) in [6.07, 6.45) is 6.18. The van der Waals surface area contributed by atoms with Gasteiger partial charge in [-0.3, -0.25) is 9.67 Å². The van der Waals surface area contributed by atoms with Gasteiger partial charge in [0, 0.05) is 42.8 Å². The molecular formula is C17H14N4O2S. The second-order valence-electron chi connectivity index (χ2n) is 5.42. The first-order chi connectivity index (χ1) is 11.6. The van der Waals surface area contributed by atoms with E-state index < -0.39 is 10.0 Å². The molecule has 24 heavy (non-hydrogen) atoms. The lowest BCUT2D eigenvalue weighted by Crippen LogP contribution is -2.12. The molecule has 1 aromatic carbocycles. The molecule has 7 heteroatoms. The third kappa shape index (κ3) is 2.21. The van der Waals surface area contributed by atoms with Crippen LogP contribution in [0.25, 0.3) is 22.2 Å². The van der Waals surface area contributed by atoms with E-state index in [1.165, 1.54) is 10.2 Å². The van der Waals surface area contributed by atoms with E-state index in [4.69, 9.17) is 0 Å². The first-order valence-electron chi connectivity index (χ1n) is 7.32. The molecule has 120 valence electrons. The molecule has 0 spiro atoms. The molecule has 0 aliphatic carbocycles. The Hall–Kier alpha value is -2.93. The molecule has 0 aliphatic heterocycles. The molecule has 0 aliphatic rings. The van der Waals surface area contributed by atoms with Crippen LogP contribution in [0.4, 0.5) is 0 Å². The van der Waals surface area contributed by atoms with Gasteiger partial charge >= 0.3 is 0 Å². The smallest absolute Gasteiger partial charge is 0.268 e. The minimum atomic E-state index is -3.69. The number of hydrogen-bond acceptors (Lipinski definition) is 4. The van der Waals surface area contributed by atoms with E-state index in [0.717, 1.165) is 16.6 Å². The zero-order valence-corrected chi connectivity index (χ0v) is 13.7. The summed E-state index contributed by atoms with van der Waals surface area (Å²) in [5.41, 5.74) is 2.45. The number of nitrogens with zero attached hydrogens (tertiary/aromatic N) is 4. The van der Waals surface area contributed by atoms with Crippen molar-refractivity contribution < 1.29 is 8.42 Å². The topological polar surface area (TPSA) is 69.8 Å². The average Bonchev–Trinajstić information content (AvgIpc) is 3.21. The lowest BCUT2D eigenvalue weighted by Gasteiger charge is -2.08. The van der Waals surface area contributed by atoms with Crippen LogP contribution in [0.15, 0.2) is 72.1 Å². The van der Waals surface area contributed by atoms with E-state index in [-0.39, 0.29) is 4.90 Å². The standard InChI is InChI=1S/C17H14N4O2S/c1-20-16(6-9-19-20)14-5-4-13-7-10-21(17(13)11-14)24(22,23)15-3-2-8-18-12-15/h2-12H,1H3. The zero-order chi connectivity index (χ0) is 16.7. The first-order valence-corrected chi connectivity index (χ1v) is 8.76. The van der Waals surface area contributed by atoms with Crippen LogP contribution in [0, 0.1) is 0 Å². The molecule has 4 rings (SSSR count). The summed E-state index contributed by atoms with van der Waals surface area (Å²) >= 11 is 0. The van der Waals surface area contributed by atoms with Crippen molar-refractivity contribution in [2.24, 2.45) is 7.05 Å². The summed E-state index contributed by atoms with van der Waals surface area (Å²) in [5.74, 6) is 0. The SMILES string of the molecule is Cn1nccc1-c1ccc2ccn(S(=O)(=O)c3cccnc3)c2c1. The Morgan fingerprint density at radius 2 is 1.92 bits per heavy atom. The lowest BCUT2D eigenvalue weighted by atomic mass is 10.1. The first kappa shape index (κ1) is 14.6. The van der Waals surface area contributed by atoms with Gasteiger partial charge in [0.15, 0.2) is 0 Å². The third-order valence-corrected chi connectivity index (χ3v) is 5.64. The van der Waals surface area contributed by atoms with Crippen LogP contribution in [0.3, 0.4) is 0 Å². The fourth-order valence-electron chi connectivity index (χ4n) is 2.74. The quantitative estimate of drug-likeness (QED) is 0.576. The third-order valence-electron chi connectivity index (χ3n) is 3.97. The van der Waals surface area contributed by atoms with E-state index in [1.807, 2.05) is 31.3 Å². The highest BCUT2D eigenvalue weighted by Crippen LogP contribution is 2.27. The molecule has 0 unspecified atom stereocenters. The van der Waals surface area contributed by atoms with Crippen molar-refractivity contribution in [3.8, 4) is 11.3 Å². The minimum absolute atomic E-state index is 0.161. The van der Waals surface area contributed by atoms with Crippen molar-refractivity contribution >= 4 is 20.9 Å². The van der Waals surface area contributed by atoms with Crippen LogP contribution in [0.2, 0.25) is 0 Å². The van der Waals surface area contributed by atoms with Gasteiger partial charge < -0.3 is 0 Å². The second kappa shape index (κ2) is 5.31. The number of hydrogen-bond donors (Lipinski definition) is 0. The predicted octanol–water partition coefficient (Wildman–Crippen LogP) is 2.67. The van der Waals surface area contributed by atoms with Crippen molar-refractivity contribution in [3.63, 3.8) is 0 Å². The van der Waals surface area contributed by atoms with Crippen molar-refractivity contribution in [3.05, 3.63) is 67.3 Å². The van der Waals surface area contributed by atoms with Crippen LogP contribution in [0.1, 0.15) is 0 Å². The number of aromatic nitrogens is 4. The van der Waals surface area contributed by atoms with Crippen molar-refractivity contribution in [2.45, 2.75) is 4.90 Å². The molecule has 0 fully saturated rings. The molecular weight excluding hydrogens is 324 g/mol. The fourth-order valence-corrected chi connectivity index (χ4v) is 4.05. The Labute approximate surface area is 139 Å². The normalized spacial score (nSPS) is 11.9. The fraction of sp³-hybridized carbons (Fsp3) is 0.0588. The summed E-state index contributed by atoms with van der Waals surface area (Å²) in [6.45, 7) is 0. The summed E-state index contributed by atoms with van der Waals surface area (Å²) in [5, 5.41) is 5.02. The molecule has 0 N–H and O–H groups in total. The van der Waals surface area contributed by atoms with E-state index in [2.05, 4.69) is 10.1 Å². The largest absolute Gasteiger partial charge is 0.269 e. The van der Waals surface area contributed by atoms with Crippen LogP contribution < -0.4 is 0 Å². The van der Waals surface area contributed by atoms with Gasteiger partial charge in [-0.2, -0.15) is 5.10 Å². The van der Waals surface area contributed by atoms with Gasteiger partial charge in [-0.15, -0.1) is 0 Å². The number of fused-ring (bicyclic) bond motifs is 1. The Kier molecular flexibility index (Phi) is 3.24. The Morgan fingerprint density at radius 1 is 1.04 bits per heavy atom. The molecule has 3 heterocycles. The van der Waals surface area contributed by atoms with E-state index in [0.29, 0.717) is 5.52 Å². The van der Waals surface area contributed by atoms with E-state index in [1.54, 1.807) is 41.5 Å². The average molecular weight is 338 g/mol. The summed E-state index contributed by atoms with van der Waals surface area (Å²) in [7, 11) is -1.83. The Balaban J connectivity index is 1.93. The second-order valence-corrected chi connectivity index (χ2v) is 7.23. The number of pyridine rings is 1. The maximum atomic E-state index is 12.9. The molecule has 0 bridgehead atoms. The highest BCUT2D eigenvalue weighted by Gasteiger charge is 2.19. The van der Waals surface area contributed by atoms with Gasteiger partial charge in [-0.25, -0.2) is 12.4 Å². The van der Waals surface area contributed by atoms with Crippen LogP contribution >= 0.6 is 0 Å². The highest BCUT2D eigenvalue weighted by atomic mass is 32.2. The van der Waals surface area contributed by atoms with Crippen LogP contribution in [0.5, 0.6) is 0 Å². The molecule has 6 nitrogen and oxygen atoms in total. The van der Waals surface area contributed by atoms with E-state index in [9.17, 15) is 8.42 Å². The Bertz CT molecular complexity index is 1130. The van der Waals surface area contributed by atoms with Gasteiger partial charge in [-0.05, 0) is 30.3 Å². The minimum Gasteiger partial charge on any atom is -0.268 e. The highest BCUT2D eigenvalue weighted by molar-refractivity contribution is 7.90. The Morgan fingerprint density at radius 3 is 2.62 bits per heavy atom. The maximum Gasteiger partial charge on any atom is 0.269 e. The molecule has 0 saturated heterocycles. The molecule has 0 amide bonds. The number of benzene rings is 1. The number of aryl methyl sites for hydroxylation is 1. The monoisotopic (exact) mass is 338 g/mol. The van der Waals surface area contributed by atoms with Gasteiger partial charge in [0.05, 0.1) is 11.2 Å². The van der Waals surface area contributed by atoms with Crippen molar-refractivity contribution in [1.29, 1.82) is 0 Å². The number of rotatable bonds is 3. The summed E-state index contributed by atoms with van der Waals surface area (Å²) in [4.78, 5) is 4.07. The van der Waals surface area contributed by atoms with Crippen LogP contribution in [-0.4, -0.2) is 27.2 Å². The molecule has 4 aromatic rings. The van der Waals surface area contributed by atoms with Crippen molar-refractivity contribution in [1.82, 2.24) is 18.7 Å². The van der Waals surface area contributed by atoms with Gasteiger partial charge in [0.1, 0.15) is 4.90 Å². The summed E-state index contributed by atoms with van der Waals surface area (Å²) in [6, 6.07) is 12.6. The maximum absolute atomic E-state index is 12.9. The van der Waals surface area contributed by atoms with Crippen LogP contribution in [-0.2, 0) is 17.1 Å².